The largest absolute Gasteiger partial charge is 0.367 e. The van der Waals surface area contributed by atoms with Gasteiger partial charge in [0.2, 0.25) is 0 Å². The van der Waals surface area contributed by atoms with Crippen molar-refractivity contribution in [2.75, 3.05) is 0 Å². The first-order valence-electron chi connectivity index (χ1n) is 6.23. The van der Waals surface area contributed by atoms with Crippen LogP contribution in [0.3, 0.4) is 0 Å². The van der Waals surface area contributed by atoms with Crippen molar-refractivity contribution in [2.24, 2.45) is 10.8 Å². The Bertz CT molecular complexity index is 432. The van der Waals surface area contributed by atoms with Gasteiger partial charge in [-0.25, -0.2) is 0 Å². The maximum Gasteiger partial charge on any atom is 0.102 e. The van der Waals surface area contributed by atoms with Gasteiger partial charge in [-0.3, -0.25) is 0 Å². The molecule has 4 nitrogen and oxygen atoms in total. The molecule has 0 radical (unpaired) electrons. The van der Waals surface area contributed by atoms with E-state index in [1.54, 1.807) is 0 Å². The lowest BCUT2D eigenvalue weighted by molar-refractivity contribution is 0.240. The van der Waals surface area contributed by atoms with Gasteiger partial charge in [-0.1, -0.05) is 27.7 Å². The van der Waals surface area contributed by atoms with E-state index >= 15 is 0 Å². The van der Waals surface area contributed by atoms with Gasteiger partial charge in [-0.15, -0.1) is 0 Å². The number of nitriles is 2. The SMILES string of the molecule is CC1=C(C(C)(C)CC#N)NC(C(C)(C)CC#N)N1. The van der Waals surface area contributed by atoms with Crippen LogP contribution >= 0.6 is 0 Å². The number of nitrogens with one attached hydrogen (secondary N) is 2. The van der Waals surface area contributed by atoms with Crippen molar-refractivity contribution in [3.63, 3.8) is 0 Å². The molecule has 2 N–H and O–H groups in total. The minimum atomic E-state index is -0.191. The van der Waals surface area contributed by atoms with E-state index in [0.717, 1.165) is 11.4 Å². The second-order valence-electron chi connectivity index (χ2n) is 6.26. The molecular formula is C14H22N4. The molecule has 1 heterocycles. The van der Waals surface area contributed by atoms with E-state index in [2.05, 4.69) is 50.5 Å². The number of rotatable bonds is 4. The predicted octanol–water partition coefficient (Wildman–Crippen LogP) is 2.62. The third-order valence-electron chi connectivity index (χ3n) is 3.54. The molecule has 0 fully saturated rings. The van der Waals surface area contributed by atoms with E-state index in [4.69, 9.17) is 10.5 Å². The zero-order chi connectivity index (χ0) is 14.0. The summed E-state index contributed by atoms with van der Waals surface area (Å²) < 4.78 is 0. The summed E-state index contributed by atoms with van der Waals surface area (Å²) in [4.78, 5) is 0. The predicted molar refractivity (Wildman–Crippen MR) is 70.8 cm³/mol. The Balaban J connectivity index is 2.87. The van der Waals surface area contributed by atoms with E-state index in [1.807, 2.05) is 6.92 Å². The minimum absolute atomic E-state index is 0.0464. The Morgan fingerprint density at radius 2 is 1.61 bits per heavy atom. The first-order chi connectivity index (χ1) is 8.24. The highest BCUT2D eigenvalue weighted by Gasteiger charge is 2.38. The summed E-state index contributed by atoms with van der Waals surface area (Å²) >= 11 is 0. The maximum atomic E-state index is 8.89. The van der Waals surface area contributed by atoms with Gasteiger partial charge in [-0.05, 0) is 6.92 Å². The van der Waals surface area contributed by atoms with Gasteiger partial charge >= 0.3 is 0 Å². The first-order valence-corrected chi connectivity index (χ1v) is 6.23. The third kappa shape index (κ3) is 2.76. The van der Waals surface area contributed by atoms with Crippen LogP contribution in [-0.2, 0) is 0 Å². The average Bonchev–Trinajstić information content (AvgIpc) is 2.61. The fourth-order valence-corrected chi connectivity index (χ4v) is 2.26. The zero-order valence-corrected chi connectivity index (χ0v) is 11.9. The van der Waals surface area contributed by atoms with Gasteiger partial charge < -0.3 is 10.6 Å². The van der Waals surface area contributed by atoms with Crippen molar-refractivity contribution in [3.05, 3.63) is 11.4 Å². The highest BCUT2D eigenvalue weighted by Crippen LogP contribution is 2.36. The summed E-state index contributed by atoms with van der Waals surface area (Å²) in [6.45, 7) is 10.3. The van der Waals surface area contributed by atoms with Crippen LogP contribution in [0.4, 0.5) is 0 Å². The average molecular weight is 246 g/mol. The van der Waals surface area contributed by atoms with Crippen molar-refractivity contribution in [3.8, 4) is 12.1 Å². The molecule has 0 aromatic carbocycles. The normalized spacial score (nSPS) is 19.8. The maximum absolute atomic E-state index is 8.89. The van der Waals surface area contributed by atoms with Crippen LogP contribution in [0.5, 0.6) is 0 Å². The first kappa shape index (κ1) is 14.4. The van der Waals surface area contributed by atoms with E-state index < -0.39 is 0 Å². The van der Waals surface area contributed by atoms with Crippen LogP contribution in [0.1, 0.15) is 47.5 Å². The standard InChI is InChI=1S/C14H22N4/c1-10-11(13(2,3)6-8-15)18-12(17-10)14(4,5)7-9-16/h12,17-18H,6-7H2,1-5H3. The molecule has 0 aromatic heterocycles. The summed E-state index contributed by atoms with van der Waals surface area (Å²) in [6, 6.07) is 4.46. The van der Waals surface area contributed by atoms with E-state index in [-0.39, 0.29) is 17.0 Å². The molecule has 0 aromatic rings. The molecule has 98 valence electrons. The molecule has 1 aliphatic rings. The number of nitrogens with zero attached hydrogens (tertiary/aromatic N) is 2. The molecule has 0 bridgehead atoms. The second-order valence-corrected chi connectivity index (χ2v) is 6.26. The Labute approximate surface area is 110 Å². The van der Waals surface area contributed by atoms with Crippen molar-refractivity contribution < 1.29 is 0 Å². The zero-order valence-electron chi connectivity index (χ0n) is 11.9. The quantitative estimate of drug-likeness (QED) is 0.800. The van der Waals surface area contributed by atoms with Gasteiger partial charge in [0.05, 0.1) is 12.1 Å². The van der Waals surface area contributed by atoms with Gasteiger partial charge in [0.25, 0.3) is 0 Å². The molecule has 0 amide bonds. The van der Waals surface area contributed by atoms with Crippen LogP contribution in [0, 0.1) is 33.5 Å². The molecule has 0 saturated heterocycles. The Kier molecular flexibility index (Phi) is 3.92. The van der Waals surface area contributed by atoms with E-state index in [1.165, 1.54) is 0 Å². The van der Waals surface area contributed by atoms with Gasteiger partial charge in [0.1, 0.15) is 6.17 Å². The lowest BCUT2D eigenvalue weighted by Crippen LogP contribution is -2.46. The Hall–Kier alpha value is -1.68. The molecule has 18 heavy (non-hydrogen) atoms. The third-order valence-corrected chi connectivity index (χ3v) is 3.54. The summed E-state index contributed by atoms with van der Waals surface area (Å²) in [5.74, 6) is 0. The minimum Gasteiger partial charge on any atom is -0.367 e. The van der Waals surface area contributed by atoms with Crippen LogP contribution in [0.15, 0.2) is 11.4 Å². The second kappa shape index (κ2) is 4.90. The molecule has 1 aliphatic heterocycles. The highest BCUT2D eigenvalue weighted by atomic mass is 15.2. The van der Waals surface area contributed by atoms with Crippen molar-refractivity contribution >= 4 is 0 Å². The number of allylic oxidation sites excluding steroid dienone is 2. The van der Waals surface area contributed by atoms with Crippen LogP contribution in [0.25, 0.3) is 0 Å². The van der Waals surface area contributed by atoms with Gasteiger partial charge in [0, 0.05) is 35.1 Å². The van der Waals surface area contributed by atoms with E-state index in [9.17, 15) is 0 Å². The monoisotopic (exact) mass is 246 g/mol. The summed E-state index contributed by atoms with van der Waals surface area (Å²) in [5, 5.41) is 24.6. The number of hydrogen-bond acceptors (Lipinski definition) is 4. The molecule has 0 saturated carbocycles. The smallest absolute Gasteiger partial charge is 0.102 e. The topological polar surface area (TPSA) is 71.6 Å². The Morgan fingerprint density at radius 3 is 2.11 bits per heavy atom. The summed E-state index contributed by atoms with van der Waals surface area (Å²) in [6.07, 6.45) is 1.00. The fourth-order valence-electron chi connectivity index (χ4n) is 2.26. The van der Waals surface area contributed by atoms with E-state index in [0.29, 0.717) is 12.8 Å². The fraction of sp³-hybridized carbons (Fsp3) is 0.714. The molecule has 1 rings (SSSR count). The lowest BCUT2D eigenvalue weighted by Gasteiger charge is -2.32. The lowest BCUT2D eigenvalue weighted by atomic mass is 9.84. The van der Waals surface area contributed by atoms with Gasteiger partial charge in [0.15, 0.2) is 0 Å². The summed E-state index contributed by atoms with van der Waals surface area (Å²) in [5.41, 5.74) is 1.82. The van der Waals surface area contributed by atoms with Crippen molar-refractivity contribution in [1.29, 1.82) is 10.5 Å². The molecule has 0 aliphatic carbocycles. The molecule has 1 unspecified atom stereocenters. The van der Waals surface area contributed by atoms with Crippen molar-refractivity contribution in [1.82, 2.24) is 10.6 Å². The Morgan fingerprint density at radius 1 is 1.06 bits per heavy atom. The van der Waals surface area contributed by atoms with Crippen LogP contribution < -0.4 is 10.6 Å². The number of hydrogen-bond donors (Lipinski definition) is 2. The molecule has 4 heteroatoms. The highest BCUT2D eigenvalue weighted by molar-refractivity contribution is 5.25. The summed E-state index contributed by atoms with van der Waals surface area (Å²) in [7, 11) is 0. The van der Waals surface area contributed by atoms with Crippen molar-refractivity contribution in [2.45, 2.75) is 53.6 Å². The van der Waals surface area contributed by atoms with Crippen LogP contribution in [-0.4, -0.2) is 6.17 Å². The van der Waals surface area contributed by atoms with Gasteiger partial charge in [-0.2, -0.15) is 10.5 Å². The van der Waals surface area contributed by atoms with Crippen LogP contribution in [0.2, 0.25) is 0 Å². The molecule has 0 spiro atoms. The molecule has 1 atom stereocenters. The molecular weight excluding hydrogens is 224 g/mol.